The smallest absolute Gasteiger partial charge is 0.123 e. The van der Waals surface area contributed by atoms with Crippen molar-refractivity contribution in [2.45, 2.75) is 13.3 Å². The predicted molar refractivity (Wildman–Crippen MR) is 62.8 cm³/mol. The first-order chi connectivity index (χ1) is 6.24. The van der Waals surface area contributed by atoms with Crippen molar-refractivity contribution in [1.29, 1.82) is 0 Å². The highest BCUT2D eigenvalue weighted by Gasteiger charge is 1.99. The van der Waals surface area contributed by atoms with Crippen LogP contribution in [0, 0.1) is 6.92 Å². The molecule has 0 saturated carbocycles. The number of benzene rings is 1. The van der Waals surface area contributed by atoms with Crippen LogP contribution in [0.1, 0.15) is 12.0 Å². The summed E-state index contributed by atoms with van der Waals surface area (Å²) in [5.41, 5.74) is 1.18. The fraction of sp³-hybridized carbons (Fsp3) is 0.400. The van der Waals surface area contributed by atoms with Gasteiger partial charge in [0, 0.05) is 9.80 Å². The van der Waals surface area contributed by atoms with Crippen molar-refractivity contribution >= 4 is 31.9 Å². The van der Waals surface area contributed by atoms with Crippen LogP contribution in [-0.2, 0) is 0 Å². The minimum Gasteiger partial charge on any atom is -0.493 e. The molecule has 0 heterocycles. The molecule has 1 aromatic carbocycles. The Hall–Kier alpha value is -0.0200. The summed E-state index contributed by atoms with van der Waals surface area (Å²) in [5.74, 6) is 0.968. The third-order valence-electron chi connectivity index (χ3n) is 1.69. The van der Waals surface area contributed by atoms with E-state index in [-0.39, 0.29) is 0 Å². The Kier molecular flexibility index (Phi) is 4.81. The molecule has 0 N–H and O–H groups in total. The number of ether oxygens (including phenoxy) is 1. The average Bonchev–Trinajstić information content (AvgIpc) is 2.11. The van der Waals surface area contributed by atoms with Gasteiger partial charge in [0.05, 0.1) is 6.61 Å². The normalized spacial score (nSPS) is 10.1. The van der Waals surface area contributed by atoms with Gasteiger partial charge >= 0.3 is 0 Å². The van der Waals surface area contributed by atoms with Crippen molar-refractivity contribution in [3.8, 4) is 5.75 Å². The molecule has 0 spiro atoms. The van der Waals surface area contributed by atoms with Crippen LogP contribution in [0.4, 0.5) is 0 Å². The zero-order chi connectivity index (χ0) is 9.68. The van der Waals surface area contributed by atoms with E-state index in [0.29, 0.717) is 0 Å². The molecule has 72 valence electrons. The van der Waals surface area contributed by atoms with Gasteiger partial charge in [-0.3, -0.25) is 0 Å². The van der Waals surface area contributed by atoms with Gasteiger partial charge < -0.3 is 4.74 Å². The van der Waals surface area contributed by atoms with Gasteiger partial charge in [0.25, 0.3) is 0 Å². The topological polar surface area (TPSA) is 9.23 Å². The Morgan fingerprint density at radius 3 is 2.85 bits per heavy atom. The second-order valence-electron chi connectivity index (χ2n) is 2.80. The number of hydrogen-bond donors (Lipinski definition) is 0. The highest BCUT2D eigenvalue weighted by Crippen LogP contribution is 2.22. The largest absolute Gasteiger partial charge is 0.493 e. The molecule has 3 heteroatoms. The maximum atomic E-state index is 5.60. The quantitative estimate of drug-likeness (QED) is 0.605. The summed E-state index contributed by atoms with van der Waals surface area (Å²) in [4.78, 5) is 0. The predicted octanol–water partition coefficient (Wildman–Crippen LogP) is 3.92. The van der Waals surface area contributed by atoms with Crippen molar-refractivity contribution in [1.82, 2.24) is 0 Å². The summed E-state index contributed by atoms with van der Waals surface area (Å²) in [7, 11) is 0. The van der Waals surface area contributed by atoms with Crippen LogP contribution in [0.5, 0.6) is 5.75 Å². The Balaban J connectivity index is 2.59. The second-order valence-corrected chi connectivity index (χ2v) is 4.51. The van der Waals surface area contributed by atoms with Crippen LogP contribution in [0.2, 0.25) is 0 Å². The van der Waals surface area contributed by atoms with Gasteiger partial charge in [-0.1, -0.05) is 37.9 Å². The number of hydrogen-bond acceptors (Lipinski definition) is 1. The molecule has 0 unspecified atom stereocenters. The molecular formula is C10H12Br2O. The fourth-order valence-electron chi connectivity index (χ4n) is 0.966. The summed E-state index contributed by atoms with van der Waals surface area (Å²) in [6.07, 6.45) is 1.03. The number of alkyl halides is 1. The SMILES string of the molecule is Cc1ccc(Br)cc1OCCCBr. The van der Waals surface area contributed by atoms with E-state index in [0.717, 1.165) is 28.6 Å². The lowest BCUT2D eigenvalue weighted by Gasteiger charge is -2.08. The lowest BCUT2D eigenvalue weighted by molar-refractivity contribution is 0.317. The van der Waals surface area contributed by atoms with Crippen molar-refractivity contribution < 1.29 is 4.74 Å². The van der Waals surface area contributed by atoms with E-state index in [1.54, 1.807) is 0 Å². The fourth-order valence-corrected chi connectivity index (χ4v) is 1.54. The third-order valence-corrected chi connectivity index (χ3v) is 2.74. The maximum Gasteiger partial charge on any atom is 0.123 e. The van der Waals surface area contributed by atoms with Crippen molar-refractivity contribution in [3.05, 3.63) is 28.2 Å². The summed E-state index contributed by atoms with van der Waals surface area (Å²) < 4.78 is 6.66. The molecule has 13 heavy (non-hydrogen) atoms. The molecule has 0 saturated heterocycles. The van der Waals surface area contributed by atoms with Crippen LogP contribution < -0.4 is 4.74 Å². The van der Waals surface area contributed by atoms with E-state index < -0.39 is 0 Å². The van der Waals surface area contributed by atoms with Crippen LogP contribution in [0.15, 0.2) is 22.7 Å². The Morgan fingerprint density at radius 1 is 1.38 bits per heavy atom. The summed E-state index contributed by atoms with van der Waals surface area (Å²) in [6, 6.07) is 6.07. The molecule has 0 amide bonds. The minimum atomic E-state index is 0.766. The van der Waals surface area contributed by atoms with Gasteiger partial charge in [0.2, 0.25) is 0 Å². The van der Waals surface area contributed by atoms with Crippen LogP contribution in [0.3, 0.4) is 0 Å². The average molecular weight is 308 g/mol. The van der Waals surface area contributed by atoms with Gasteiger partial charge in [-0.05, 0) is 31.0 Å². The van der Waals surface area contributed by atoms with E-state index in [1.807, 2.05) is 18.2 Å². The minimum absolute atomic E-state index is 0.766. The molecule has 0 radical (unpaired) electrons. The zero-order valence-electron chi connectivity index (χ0n) is 7.52. The Bertz CT molecular complexity index is 274. The second kappa shape index (κ2) is 5.66. The highest BCUT2D eigenvalue weighted by molar-refractivity contribution is 9.10. The number of halogens is 2. The molecule has 0 fully saturated rings. The van der Waals surface area contributed by atoms with Crippen molar-refractivity contribution in [2.24, 2.45) is 0 Å². The lowest BCUT2D eigenvalue weighted by Crippen LogP contribution is -1.98. The van der Waals surface area contributed by atoms with Crippen LogP contribution in [0.25, 0.3) is 0 Å². The highest BCUT2D eigenvalue weighted by atomic mass is 79.9. The van der Waals surface area contributed by atoms with E-state index in [1.165, 1.54) is 5.56 Å². The van der Waals surface area contributed by atoms with Crippen molar-refractivity contribution in [2.75, 3.05) is 11.9 Å². The first-order valence-corrected chi connectivity index (χ1v) is 6.10. The number of rotatable bonds is 4. The molecular weight excluding hydrogens is 296 g/mol. The van der Waals surface area contributed by atoms with E-state index in [2.05, 4.69) is 38.8 Å². The molecule has 0 aromatic heterocycles. The molecule has 0 aliphatic carbocycles. The summed E-state index contributed by atoms with van der Waals surface area (Å²) in [6.45, 7) is 2.82. The van der Waals surface area contributed by atoms with E-state index >= 15 is 0 Å². The Morgan fingerprint density at radius 2 is 2.15 bits per heavy atom. The first kappa shape index (κ1) is 11.1. The van der Waals surface area contributed by atoms with E-state index in [4.69, 9.17) is 4.74 Å². The molecule has 0 aliphatic rings. The standard InChI is InChI=1S/C10H12Br2O/c1-8-3-4-9(12)7-10(8)13-6-2-5-11/h3-4,7H,2,5-6H2,1H3. The third kappa shape index (κ3) is 3.69. The van der Waals surface area contributed by atoms with Crippen LogP contribution in [-0.4, -0.2) is 11.9 Å². The number of aryl methyl sites for hydroxylation is 1. The van der Waals surface area contributed by atoms with E-state index in [9.17, 15) is 0 Å². The zero-order valence-corrected chi connectivity index (χ0v) is 10.7. The Labute approximate surface area is 95.7 Å². The van der Waals surface area contributed by atoms with Gasteiger partial charge in [-0.25, -0.2) is 0 Å². The maximum absolute atomic E-state index is 5.60. The van der Waals surface area contributed by atoms with Gasteiger partial charge in [-0.2, -0.15) is 0 Å². The van der Waals surface area contributed by atoms with Crippen LogP contribution >= 0.6 is 31.9 Å². The summed E-state index contributed by atoms with van der Waals surface area (Å²) in [5, 5.41) is 0.986. The molecule has 1 aromatic rings. The van der Waals surface area contributed by atoms with Gasteiger partial charge in [0.1, 0.15) is 5.75 Å². The van der Waals surface area contributed by atoms with Gasteiger partial charge in [-0.15, -0.1) is 0 Å². The molecule has 0 aliphatic heterocycles. The molecule has 1 rings (SSSR count). The summed E-state index contributed by atoms with van der Waals surface area (Å²) >= 11 is 6.78. The van der Waals surface area contributed by atoms with Crippen molar-refractivity contribution in [3.63, 3.8) is 0 Å². The molecule has 1 nitrogen and oxygen atoms in total. The monoisotopic (exact) mass is 306 g/mol. The molecule has 0 atom stereocenters. The molecule has 0 bridgehead atoms. The first-order valence-electron chi connectivity index (χ1n) is 4.19. The van der Waals surface area contributed by atoms with Gasteiger partial charge in [0.15, 0.2) is 0 Å². The lowest BCUT2D eigenvalue weighted by atomic mass is 10.2.